The van der Waals surface area contributed by atoms with Crippen molar-refractivity contribution in [3.8, 4) is 22.1 Å². The van der Waals surface area contributed by atoms with Crippen LogP contribution in [0.25, 0.3) is 10.6 Å². The molecule has 1 atom stereocenters. The fraction of sp³-hybridized carbons (Fsp3) is 0.423. The van der Waals surface area contributed by atoms with Crippen LogP contribution in [0.4, 0.5) is 5.69 Å². The Kier molecular flexibility index (Phi) is 6.27. The summed E-state index contributed by atoms with van der Waals surface area (Å²) in [6, 6.07) is 11.1. The van der Waals surface area contributed by atoms with Gasteiger partial charge in [0.25, 0.3) is 5.91 Å². The van der Waals surface area contributed by atoms with Crippen LogP contribution in [-0.2, 0) is 11.3 Å². The van der Waals surface area contributed by atoms with Crippen LogP contribution in [-0.4, -0.2) is 47.4 Å². The number of nitrogens with zero attached hydrogens (tertiary/aromatic N) is 3. The van der Waals surface area contributed by atoms with Gasteiger partial charge in [-0.1, -0.05) is 25.3 Å². The van der Waals surface area contributed by atoms with Crippen molar-refractivity contribution in [2.45, 2.75) is 57.2 Å². The number of nitrogens with one attached hydrogen (secondary N) is 1. The van der Waals surface area contributed by atoms with Gasteiger partial charge in [0.2, 0.25) is 5.91 Å². The van der Waals surface area contributed by atoms with Crippen molar-refractivity contribution >= 4 is 28.8 Å². The maximum Gasteiger partial charge on any atom is 0.277 e. The molecule has 3 heterocycles. The molecule has 184 valence electrons. The van der Waals surface area contributed by atoms with Gasteiger partial charge in [-0.05, 0) is 37.3 Å². The highest BCUT2D eigenvalue weighted by Gasteiger charge is 2.49. The van der Waals surface area contributed by atoms with E-state index in [0.717, 1.165) is 36.3 Å². The zero-order valence-corrected chi connectivity index (χ0v) is 21.1. The molecule has 0 spiro atoms. The smallest absolute Gasteiger partial charge is 0.277 e. The number of aromatic nitrogens is 2. The second-order valence-electron chi connectivity index (χ2n) is 9.34. The largest absolute Gasteiger partial charge is 0.497 e. The number of ether oxygens (including phenoxy) is 2. The lowest BCUT2D eigenvalue weighted by Crippen LogP contribution is -2.65. The lowest BCUT2D eigenvalue weighted by Gasteiger charge is -2.44. The SMILES string of the molecule is COc1cc(OC)cc(N2C(=O)c3cc(-c4cccs4)nn3C[C@]2(C)C(=O)NC2CCCCC2)c1. The molecule has 1 aliphatic carbocycles. The molecule has 35 heavy (non-hydrogen) atoms. The van der Waals surface area contributed by atoms with E-state index in [-0.39, 0.29) is 24.4 Å². The second-order valence-corrected chi connectivity index (χ2v) is 10.3. The zero-order chi connectivity index (χ0) is 24.6. The number of fused-ring (bicyclic) bond motifs is 1. The lowest BCUT2D eigenvalue weighted by atomic mass is 9.91. The van der Waals surface area contributed by atoms with Gasteiger partial charge in [-0.2, -0.15) is 5.10 Å². The Hall–Kier alpha value is -3.33. The lowest BCUT2D eigenvalue weighted by molar-refractivity contribution is -0.127. The van der Waals surface area contributed by atoms with Crippen molar-refractivity contribution < 1.29 is 19.1 Å². The number of thiophene rings is 1. The van der Waals surface area contributed by atoms with E-state index in [4.69, 9.17) is 14.6 Å². The first-order valence-electron chi connectivity index (χ1n) is 11.9. The quantitative estimate of drug-likeness (QED) is 0.546. The molecular formula is C26H30N4O4S. The summed E-state index contributed by atoms with van der Waals surface area (Å²) in [5.41, 5.74) is 0.511. The van der Waals surface area contributed by atoms with Crippen LogP contribution in [0.3, 0.4) is 0 Å². The van der Waals surface area contributed by atoms with Gasteiger partial charge in [0.05, 0.1) is 31.3 Å². The van der Waals surface area contributed by atoms with Crippen molar-refractivity contribution in [2.75, 3.05) is 19.1 Å². The third-order valence-corrected chi connectivity index (χ3v) is 7.84. The highest BCUT2D eigenvalue weighted by molar-refractivity contribution is 7.13. The van der Waals surface area contributed by atoms with E-state index in [1.807, 2.05) is 24.4 Å². The minimum Gasteiger partial charge on any atom is -0.497 e. The van der Waals surface area contributed by atoms with Gasteiger partial charge >= 0.3 is 0 Å². The monoisotopic (exact) mass is 494 g/mol. The number of rotatable bonds is 6. The highest BCUT2D eigenvalue weighted by Crippen LogP contribution is 2.38. The predicted octanol–water partition coefficient (Wildman–Crippen LogP) is 4.50. The van der Waals surface area contributed by atoms with E-state index < -0.39 is 5.54 Å². The normalized spacial score (nSPS) is 20.4. The van der Waals surface area contributed by atoms with Gasteiger partial charge in [0, 0.05) is 24.2 Å². The van der Waals surface area contributed by atoms with Crippen LogP contribution in [0.5, 0.6) is 11.5 Å². The van der Waals surface area contributed by atoms with Gasteiger partial charge in [0.15, 0.2) is 0 Å². The van der Waals surface area contributed by atoms with Crippen molar-refractivity contribution in [3.05, 3.63) is 47.5 Å². The van der Waals surface area contributed by atoms with E-state index in [9.17, 15) is 9.59 Å². The summed E-state index contributed by atoms with van der Waals surface area (Å²) >= 11 is 1.56. The molecule has 1 aliphatic heterocycles. The molecule has 0 radical (unpaired) electrons. The molecule has 3 aromatic rings. The van der Waals surface area contributed by atoms with Crippen molar-refractivity contribution in [2.24, 2.45) is 0 Å². The molecule has 2 aromatic heterocycles. The van der Waals surface area contributed by atoms with Crippen LogP contribution in [0.2, 0.25) is 0 Å². The maximum absolute atomic E-state index is 14.0. The summed E-state index contributed by atoms with van der Waals surface area (Å²) in [5, 5.41) is 9.93. The van der Waals surface area contributed by atoms with Crippen molar-refractivity contribution in [3.63, 3.8) is 0 Å². The standard InChI is InChI=1S/C26H30N4O4S/c1-26(25(32)27-17-8-5-4-6-9-17)16-29-22(15-21(28-29)23-10-7-11-35-23)24(31)30(26)18-12-19(33-2)14-20(13-18)34-3/h7,10-15,17H,4-6,8-9,16H2,1-3H3,(H,27,32)/t26-/m1/s1. The zero-order valence-electron chi connectivity index (χ0n) is 20.2. The second kappa shape index (κ2) is 9.37. The molecule has 0 unspecified atom stereocenters. The molecule has 1 fully saturated rings. The van der Waals surface area contributed by atoms with Crippen LogP contribution in [0.15, 0.2) is 41.8 Å². The number of carbonyl (C=O) groups is 2. The third-order valence-electron chi connectivity index (χ3n) is 6.95. The number of hydrogen-bond acceptors (Lipinski definition) is 6. The molecule has 5 rings (SSSR count). The Labute approximate surface area is 208 Å². The number of anilines is 1. The molecule has 9 heteroatoms. The minimum absolute atomic E-state index is 0.116. The highest BCUT2D eigenvalue weighted by atomic mass is 32.1. The summed E-state index contributed by atoms with van der Waals surface area (Å²) in [4.78, 5) is 30.4. The van der Waals surface area contributed by atoms with Crippen molar-refractivity contribution in [1.82, 2.24) is 15.1 Å². The van der Waals surface area contributed by atoms with Crippen molar-refractivity contribution in [1.29, 1.82) is 0 Å². The summed E-state index contributed by atoms with van der Waals surface area (Å²) in [7, 11) is 3.13. The van der Waals surface area contributed by atoms with Gasteiger partial charge in [-0.15, -0.1) is 11.3 Å². The molecule has 1 aromatic carbocycles. The average molecular weight is 495 g/mol. The minimum atomic E-state index is -1.20. The first-order chi connectivity index (χ1) is 16.9. The maximum atomic E-state index is 14.0. The molecule has 1 N–H and O–H groups in total. The molecule has 8 nitrogen and oxygen atoms in total. The number of hydrogen-bond donors (Lipinski definition) is 1. The Morgan fingerprint density at radius 3 is 2.46 bits per heavy atom. The molecular weight excluding hydrogens is 464 g/mol. The van der Waals surface area contributed by atoms with Crippen LogP contribution in [0, 0.1) is 0 Å². The summed E-state index contributed by atoms with van der Waals surface area (Å²) in [6.45, 7) is 2.04. The molecule has 1 saturated carbocycles. The Morgan fingerprint density at radius 2 is 1.83 bits per heavy atom. The van der Waals surface area contributed by atoms with E-state index in [0.29, 0.717) is 22.9 Å². The first-order valence-corrected chi connectivity index (χ1v) is 12.8. The summed E-state index contributed by atoms with van der Waals surface area (Å²) in [5.74, 6) is 0.614. The van der Waals surface area contributed by atoms with Crippen LogP contribution < -0.4 is 19.7 Å². The van der Waals surface area contributed by atoms with E-state index in [1.54, 1.807) is 59.4 Å². The van der Waals surface area contributed by atoms with E-state index >= 15 is 0 Å². The third kappa shape index (κ3) is 4.29. The first kappa shape index (κ1) is 23.4. The number of methoxy groups -OCH3 is 2. The van der Waals surface area contributed by atoms with Gasteiger partial charge in [-0.25, -0.2) is 0 Å². The van der Waals surface area contributed by atoms with Crippen LogP contribution in [0.1, 0.15) is 49.5 Å². The number of carbonyl (C=O) groups excluding carboxylic acids is 2. The molecule has 0 bridgehead atoms. The molecule has 0 saturated heterocycles. The Morgan fingerprint density at radius 1 is 1.11 bits per heavy atom. The van der Waals surface area contributed by atoms with Crippen LogP contribution >= 0.6 is 11.3 Å². The Bertz CT molecular complexity index is 1210. The van der Waals surface area contributed by atoms with Gasteiger partial charge in [-0.3, -0.25) is 19.2 Å². The average Bonchev–Trinajstić information content (AvgIpc) is 3.54. The number of amides is 2. The fourth-order valence-corrected chi connectivity index (χ4v) is 5.72. The van der Waals surface area contributed by atoms with E-state index in [2.05, 4.69) is 5.32 Å². The van der Waals surface area contributed by atoms with E-state index in [1.165, 1.54) is 6.42 Å². The summed E-state index contributed by atoms with van der Waals surface area (Å²) < 4.78 is 12.6. The topological polar surface area (TPSA) is 85.7 Å². The molecule has 2 aliphatic rings. The summed E-state index contributed by atoms with van der Waals surface area (Å²) in [6.07, 6.45) is 5.31. The Balaban J connectivity index is 1.60. The fourth-order valence-electron chi connectivity index (χ4n) is 5.04. The predicted molar refractivity (Wildman–Crippen MR) is 135 cm³/mol. The van der Waals surface area contributed by atoms with Gasteiger partial charge in [0.1, 0.15) is 28.4 Å². The van der Waals surface area contributed by atoms with Gasteiger partial charge < -0.3 is 14.8 Å². The number of benzene rings is 1. The molecule has 2 amide bonds.